The van der Waals surface area contributed by atoms with Gasteiger partial charge < -0.3 is 4.90 Å². The second-order valence-corrected chi connectivity index (χ2v) is 8.08. The zero-order valence-electron chi connectivity index (χ0n) is 19.3. The van der Waals surface area contributed by atoms with Crippen molar-refractivity contribution in [2.75, 3.05) is 11.9 Å². The Morgan fingerprint density at radius 1 is 0.969 bits per heavy atom. The van der Waals surface area contributed by atoms with Gasteiger partial charge in [-0.2, -0.15) is 0 Å². The van der Waals surface area contributed by atoms with Crippen molar-refractivity contribution in [2.24, 2.45) is 0 Å². The van der Waals surface area contributed by atoms with Crippen LogP contribution >= 0.6 is 0 Å². The maximum atomic E-state index is 15.0. The zero-order valence-corrected chi connectivity index (χ0v) is 19.3. The number of hydrogen-bond donors (Lipinski definition) is 0. The highest BCUT2D eigenvalue weighted by Crippen LogP contribution is 2.31. The van der Waals surface area contributed by atoms with Crippen LogP contribution in [0.5, 0.6) is 0 Å². The lowest BCUT2D eigenvalue weighted by Crippen LogP contribution is -2.26. The van der Waals surface area contributed by atoms with E-state index in [-0.39, 0.29) is 17.4 Å². The van der Waals surface area contributed by atoms with Gasteiger partial charge >= 0.3 is 0 Å². The largest absolute Gasteiger partial charge is 0.313 e. The average Bonchev–Trinajstić information content (AvgIpc) is 2.79. The van der Waals surface area contributed by atoms with E-state index in [9.17, 15) is 14.0 Å². The summed E-state index contributed by atoms with van der Waals surface area (Å²) in [6.07, 6.45) is 1.37. The summed E-state index contributed by atoms with van der Waals surface area (Å²) in [7, 11) is 1.58. The molecule has 0 saturated carbocycles. The van der Waals surface area contributed by atoms with Crippen molar-refractivity contribution in [1.82, 2.24) is 4.98 Å². The molecule has 0 aliphatic rings. The molecule has 32 heavy (non-hydrogen) atoms. The van der Waals surface area contributed by atoms with E-state index in [4.69, 9.17) is 0 Å². The lowest BCUT2D eigenvalue weighted by atomic mass is 9.96. The van der Waals surface area contributed by atoms with Gasteiger partial charge in [0.2, 0.25) is 5.91 Å². The molecule has 0 atom stereocenters. The number of amides is 1. The highest BCUT2D eigenvalue weighted by molar-refractivity contribution is 5.97. The standard InChI is InChI=1S/C27H29FN2O2/c1-6-26(32)30(5)24-15-14-23(18(3)27(24)28)21-9-11-22(12-10-21)25(31)16-13-20-8-7-17(2)29-19(20)4/h7-12,14-15H,6,13,16H2,1-5H3. The van der Waals surface area contributed by atoms with Crippen LogP contribution in [0.4, 0.5) is 10.1 Å². The molecule has 3 rings (SSSR count). The van der Waals surface area contributed by atoms with Crippen molar-refractivity contribution >= 4 is 17.4 Å². The second kappa shape index (κ2) is 9.86. The summed E-state index contributed by atoms with van der Waals surface area (Å²) in [5, 5.41) is 0. The number of rotatable bonds is 7. The summed E-state index contributed by atoms with van der Waals surface area (Å²) in [6.45, 7) is 7.37. The fourth-order valence-electron chi connectivity index (χ4n) is 3.82. The predicted octanol–water partition coefficient (Wildman–Crippen LogP) is 6.00. The molecular weight excluding hydrogens is 403 g/mol. The molecule has 5 heteroatoms. The van der Waals surface area contributed by atoms with Crippen LogP contribution in [0.2, 0.25) is 0 Å². The molecule has 1 aromatic heterocycles. The van der Waals surface area contributed by atoms with E-state index in [1.165, 1.54) is 4.90 Å². The third-order valence-electron chi connectivity index (χ3n) is 5.88. The summed E-state index contributed by atoms with van der Waals surface area (Å²) in [5.74, 6) is -0.487. The fraction of sp³-hybridized carbons (Fsp3) is 0.296. The van der Waals surface area contributed by atoms with Crippen molar-refractivity contribution < 1.29 is 14.0 Å². The van der Waals surface area contributed by atoms with E-state index in [0.717, 1.165) is 28.1 Å². The zero-order chi connectivity index (χ0) is 23.4. The molecule has 0 unspecified atom stereocenters. The van der Waals surface area contributed by atoms with Gasteiger partial charge in [0, 0.05) is 36.8 Å². The summed E-state index contributed by atoms with van der Waals surface area (Å²) in [6, 6.07) is 14.7. The number of halogens is 1. The Kier molecular flexibility index (Phi) is 7.18. The summed E-state index contributed by atoms with van der Waals surface area (Å²) in [4.78, 5) is 30.4. The van der Waals surface area contributed by atoms with Crippen LogP contribution in [0.15, 0.2) is 48.5 Å². The normalized spacial score (nSPS) is 10.8. The van der Waals surface area contributed by atoms with Crippen LogP contribution < -0.4 is 4.90 Å². The molecule has 166 valence electrons. The van der Waals surface area contributed by atoms with E-state index in [1.807, 2.05) is 44.2 Å². The van der Waals surface area contributed by atoms with Crippen molar-refractivity contribution in [1.29, 1.82) is 0 Å². The lowest BCUT2D eigenvalue weighted by molar-refractivity contribution is -0.118. The van der Waals surface area contributed by atoms with E-state index in [1.54, 1.807) is 39.1 Å². The number of benzene rings is 2. The van der Waals surface area contributed by atoms with Crippen molar-refractivity contribution in [3.63, 3.8) is 0 Å². The third kappa shape index (κ3) is 4.93. The Morgan fingerprint density at radius 2 is 1.66 bits per heavy atom. The highest BCUT2D eigenvalue weighted by atomic mass is 19.1. The van der Waals surface area contributed by atoms with E-state index < -0.39 is 5.82 Å². The van der Waals surface area contributed by atoms with Gasteiger partial charge in [0.1, 0.15) is 5.82 Å². The Hall–Kier alpha value is -3.34. The van der Waals surface area contributed by atoms with Gasteiger partial charge in [-0.25, -0.2) is 4.39 Å². The number of aromatic nitrogens is 1. The maximum absolute atomic E-state index is 15.0. The molecule has 0 N–H and O–H groups in total. The van der Waals surface area contributed by atoms with Crippen LogP contribution in [0.25, 0.3) is 11.1 Å². The number of carbonyl (C=O) groups excluding carboxylic acids is 2. The van der Waals surface area contributed by atoms with Gasteiger partial charge in [0.15, 0.2) is 5.78 Å². The topological polar surface area (TPSA) is 50.3 Å². The molecule has 3 aromatic rings. The van der Waals surface area contributed by atoms with Gasteiger partial charge in [-0.3, -0.25) is 14.6 Å². The molecular formula is C27H29FN2O2. The molecule has 0 fully saturated rings. The number of nitrogens with zero attached hydrogens (tertiary/aromatic N) is 2. The fourth-order valence-corrected chi connectivity index (χ4v) is 3.82. The van der Waals surface area contributed by atoms with E-state index in [2.05, 4.69) is 4.98 Å². The molecule has 0 bridgehead atoms. The number of anilines is 1. The van der Waals surface area contributed by atoms with Crippen LogP contribution in [0, 0.1) is 26.6 Å². The minimum absolute atomic E-state index is 0.0643. The first kappa shape index (κ1) is 23.3. The van der Waals surface area contributed by atoms with Crippen LogP contribution in [-0.2, 0) is 11.2 Å². The number of pyridine rings is 1. The molecule has 0 spiro atoms. The Bertz CT molecular complexity index is 1150. The number of hydrogen-bond acceptors (Lipinski definition) is 3. The third-order valence-corrected chi connectivity index (χ3v) is 5.88. The molecule has 0 aliphatic heterocycles. The van der Waals surface area contributed by atoms with Crippen LogP contribution in [-0.4, -0.2) is 23.7 Å². The monoisotopic (exact) mass is 432 g/mol. The van der Waals surface area contributed by atoms with Gasteiger partial charge in [-0.1, -0.05) is 43.3 Å². The summed E-state index contributed by atoms with van der Waals surface area (Å²) >= 11 is 0. The molecule has 0 radical (unpaired) electrons. The molecule has 0 saturated heterocycles. The average molecular weight is 433 g/mol. The number of aryl methyl sites for hydroxylation is 3. The van der Waals surface area contributed by atoms with Gasteiger partial charge in [0.05, 0.1) is 5.69 Å². The number of Topliss-reactive ketones (excluding diaryl/α,β-unsaturated/α-hetero) is 1. The van der Waals surface area contributed by atoms with Gasteiger partial charge in [-0.15, -0.1) is 0 Å². The Balaban J connectivity index is 1.75. The summed E-state index contributed by atoms with van der Waals surface area (Å²) < 4.78 is 15.0. The number of ketones is 1. The Morgan fingerprint density at radius 3 is 2.28 bits per heavy atom. The van der Waals surface area contributed by atoms with Crippen molar-refractivity contribution in [3.05, 3.63) is 82.4 Å². The molecule has 0 aliphatic carbocycles. The quantitative estimate of drug-likeness (QED) is 0.430. The van der Waals surface area contributed by atoms with Crippen LogP contribution in [0.3, 0.4) is 0 Å². The van der Waals surface area contributed by atoms with Gasteiger partial charge in [-0.05, 0) is 61.6 Å². The van der Waals surface area contributed by atoms with E-state index >= 15 is 0 Å². The minimum atomic E-state index is -0.408. The predicted molar refractivity (Wildman–Crippen MR) is 127 cm³/mol. The SMILES string of the molecule is CCC(=O)N(C)c1ccc(-c2ccc(C(=O)CCc3ccc(C)nc3C)cc2)c(C)c1F. The first-order chi connectivity index (χ1) is 15.2. The first-order valence-electron chi connectivity index (χ1n) is 10.8. The molecule has 2 aromatic carbocycles. The smallest absolute Gasteiger partial charge is 0.226 e. The number of carbonyl (C=O) groups is 2. The van der Waals surface area contributed by atoms with Crippen molar-refractivity contribution in [3.8, 4) is 11.1 Å². The van der Waals surface area contributed by atoms with E-state index in [0.29, 0.717) is 30.4 Å². The highest BCUT2D eigenvalue weighted by Gasteiger charge is 2.18. The molecule has 1 amide bonds. The van der Waals surface area contributed by atoms with Crippen LogP contribution in [0.1, 0.15) is 52.6 Å². The molecule has 1 heterocycles. The second-order valence-electron chi connectivity index (χ2n) is 8.08. The van der Waals surface area contributed by atoms with Gasteiger partial charge in [0.25, 0.3) is 0 Å². The Labute approximate surface area is 189 Å². The van der Waals surface area contributed by atoms with Crippen molar-refractivity contribution in [2.45, 2.75) is 47.0 Å². The lowest BCUT2D eigenvalue weighted by Gasteiger charge is -2.19. The summed E-state index contributed by atoms with van der Waals surface area (Å²) in [5.41, 5.74) is 5.95. The first-order valence-corrected chi connectivity index (χ1v) is 10.8. The molecule has 4 nitrogen and oxygen atoms in total. The minimum Gasteiger partial charge on any atom is -0.313 e. The maximum Gasteiger partial charge on any atom is 0.226 e.